The predicted octanol–water partition coefficient (Wildman–Crippen LogP) is 4.09. The zero-order valence-corrected chi connectivity index (χ0v) is 18.8. The minimum atomic E-state index is -0.271. The molecular weight excluding hydrogens is 426 g/mol. The van der Waals surface area contributed by atoms with Gasteiger partial charge in [0, 0.05) is 49.7 Å². The van der Waals surface area contributed by atoms with Crippen LogP contribution in [0.2, 0.25) is 5.02 Å². The van der Waals surface area contributed by atoms with Gasteiger partial charge in [0.15, 0.2) is 0 Å². The molecule has 3 heterocycles. The van der Waals surface area contributed by atoms with Crippen LogP contribution < -0.4 is 5.32 Å². The fourth-order valence-corrected chi connectivity index (χ4v) is 5.18. The number of hydrogen-bond donors (Lipinski definition) is 1. The van der Waals surface area contributed by atoms with Gasteiger partial charge in [-0.3, -0.25) is 9.59 Å². The molecule has 32 heavy (non-hydrogen) atoms. The highest BCUT2D eigenvalue weighted by Crippen LogP contribution is 2.44. The molecule has 2 aromatic carbocycles. The summed E-state index contributed by atoms with van der Waals surface area (Å²) in [6.07, 6.45) is 3.47. The maximum atomic E-state index is 13.5. The van der Waals surface area contributed by atoms with Crippen LogP contribution in [0.5, 0.6) is 0 Å². The van der Waals surface area contributed by atoms with E-state index in [0.29, 0.717) is 43.4 Å². The third-order valence-electron chi connectivity index (χ3n) is 6.67. The van der Waals surface area contributed by atoms with Gasteiger partial charge in [-0.1, -0.05) is 41.9 Å². The lowest BCUT2D eigenvalue weighted by atomic mass is 9.83. The van der Waals surface area contributed by atoms with Crippen LogP contribution in [0.4, 0.5) is 0 Å². The standard InChI is InChI=1S/C25H26ClN3O3/c1-17(30)27-10-13-29-15-21(20-7-6-19(26)14-23(20)29)24(31)28-11-8-25(9-12-28)22-5-3-2-4-18(22)16-32-25/h2-7,14-15H,8-13,16H2,1H3,(H,27,30). The van der Waals surface area contributed by atoms with Gasteiger partial charge < -0.3 is 19.5 Å². The summed E-state index contributed by atoms with van der Waals surface area (Å²) in [5.74, 6) is -0.0505. The number of fused-ring (bicyclic) bond motifs is 3. The average molecular weight is 452 g/mol. The molecule has 2 amide bonds. The number of carbonyl (C=O) groups excluding carboxylic acids is 2. The first-order valence-electron chi connectivity index (χ1n) is 11.0. The zero-order valence-electron chi connectivity index (χ0n) is 18.1. The summed E-state index contributed by atoms with van der Waals surface area (Å²) in [5.41, 5.74) is 3.83. The minimum Gasteiger partial charge on any atom is -0.365 e. The molecule has 5 rings (SSSR count). The maximum Gasteiger partial charge on any atom is 0.256 e. The molecule has 0 unspecified atom stereocenters. The molecule has 0 saturated carbocycles. The first-order chi connectivity index (χ1) is 15.5. The minimum absolute atomic E-state index is 0.0248. The quantitative estimate of drug-likeness (QED) is 0.649. The molecule has 1 N–H and O–H groups in total. The normalized spacial score (nSPS) is 17.0. The van der Waals surface area contributed by atoms with Crippen LogP contribution >= 0.6 is 11.6 Å². The molecule has 6 nitrogen and oxygen atoms in total. The Morgan fingerprint density at radius 2 is 1.94 bits per heavy atom. The summed E-state index contributed by atoms with van der Waals surface area (Å²) >= 11 is 6.23. The summed E-state index contributed by atoms with van der Waals surface area (Å²) in [4.78, 5) is 26.7. The number of nitrogens with zero attached hydrogens (tertiary/aromatic N) is 2. The lowest BCUT2D eigenvalue weighted by molar-refractivity contribution is -0.118. The molecular formula is C25H26ClN3O3. The Kier molecular flexibility index (Phi) is 5.43. The van der Waals surface area contributed by atoms with Crippen LogP contribution in [0.15, 0.2) is 48.7 Å². The van der Waals surface area contributed by atoms with Crippen molar-refractivity contribution in [3.63, 3.8) is 0 Å². The number of rotatable bonds is 4. The number of piperidine rings is 1. The Morgan fingerprint density at radius 3 is 2.72 bits per heavy atom. The highest BCUT2D eigenvalue weighted by Gasteiger charge is 2.43. The first kappa shape index (κ1) is 21.0. The number of ether oxygens (including phenoxy) is 1. The molecule has 3 aromatic rings. The number of likely N-dealkylation sites (tertiary alicyclic amines) is 1. The van der Waals surface area contributed by atoms with Crippen LogP contribution in [-0.4, -0.2) is 40.9 Å². The fourth-order valence-electron chi connectivity index (χ4n) is 5.01. The van der Waals surface area contributed by atoms with E-state index in [4.69, 9.17) is 16.3 Å². The van der Waals surface area contributed by atoms with Crippen molar-refractivity contribution in [1.82, 2.24) is 14.8 Å². The highest BCUT2D eigenvalue weighted by molar-refractivity contribution is 6.31. The van der Waals surface area contributed by atoms with E-state index in [2.05, 4.69) is 23.5 Å². The van der Waals surface area contributed by atoms with Crippen LogP contribution in [0.1, 0.15) is 41.3 Å². The van der Waals surface area contributed by atoms with Gasteiger partial charge in [-0.05, 0) is 36.1 Å². The number of nitrogens with one attached hydrogen (secondary N) is 1. The largest absolute Gasteiger partial charge is 0.365 e. The van der Waals surface area contributed by atoms with E-state index < -0.39 is 0 Å². The second-order valence-corrected chi connectivity index (χ2v) is 9.05. The van der Waals surface area contributed by atoms with E-state index in [1.54, 1.807) is 0 Å². The van der Waals surface area contributed by atoms with Gasteiger partial charge in [0.2, 0.25) is 5.91 Å². The van der Waals surface area contributed by atoms with E-state index in [-0.39, 0.29) is 17.4 Å². The fraction of sp³-hybridized carbons (Fsp3) is 0.360. The van der Waals surface area contributed by atoms with Crippen molar-refractivity contribution in [3.05, 3.63) is 70.4 Å². The molecule has 1 fully saturated rings. The first-order valence-corrected chi connectivity index (χ1v) is 11.4. The van der Waals surface area contributed by atoms with Gasteiger partial charge in [-0.25, -0.2) is 0 Å². The number of amides is 2. The Hall–Kier alpha value is -2.83. The molecule has 7 heteroatoms. The number of halogens is 1. The molecule has 166 valence electrons. The van der Waals surface area contributed by atoms with E-state index in [1.807, 2.05) is 39.9 Å². The van der Waals surface area contributed by atoms with E-state index in [0.717, 1.165) is 23.7 Å². The van der Waals surface area contributed by atoms with Crippen molar-refractivity contribution in [3.8, 4) is 0 Å². The van der Waals surface area contributed by atoms with Gasteiger partial charge in [0.05, 0.1) is 23.3 Å². The number of aromatic nitrogens is 1. The maximum absolute atomic E-state index is 13.5. The third kappa shape index (κ3) is 3.67. The third-order valence-corrected chi connectivity index (χ3v) is 6.91. The smallest absolute Gasteiger partial charge is 0.256 e. The molecule has 0 atom stereocenters. The van der Waals surface area contributed by atoms with Crippen LogP contribution in [0.3, 0.4) is 0 Å². The number of benzene rings is 2. The summed E-state index contributed by atoms with van der Waals surface area (Å²) in [6, 6.07) is 14.0. The molecule has 1 aromatic heterocycles. The van der Waals surface area contributed by atoms with Gasteiger partial charge in [0.25, 0.3) is 5.91 Å². The van der Waals surface area contributed by atoms with Gasteiger partial charge >= 0.3 is 0 Å². The van der Waals surface area contributed by atoms with Crippen molar-refractivity contribution in [2.45, 2.75) is 38.5 Å². The number of hydrogen-bond acceptors (Lipinski definition) is 3. The predicted molar refractivity (Wildman–Crippen MR) is 124 cm³/mol. The van der Waals surface area contributed by atoms with Gasteiger partial charge in [-0.2, -0.15) is 0 Å². The topological polar surface area (TPSA) is 63.6 Å². The van der Waals surface area contributed by atoms with E-state index in [9.17, 15) is 9.59 Å². The van der Waals surface area contributed by atoms with Crippen molar-refractivity contribution in [1.29, 1.82) is 0 Å². The lowest BCUT2D eigenvalue weighted by Gasteiger charge is -2.39. The van der Waals surface area contributed by atoms with Crippen molar-refractivity contribution >= 4 is 34.3 Å². The summed E-state index contributed by atoms with van der Waals surface area (Å²) in [6.45, 7) is 4.50. The molecule has 0 radical (unpaired) electrons. The van der Waals surface area contributed by atoms with Crippen molar-refractivity contribution in [2.24, 2.45) is 0 Å². The average Bonchev–Trinajstić information content (AvgIpc) is 3.33. The van der Waals surface area contributed by atoms with Crippen LogP contribution in [-0.2, 0) is 28.3 Å². The molecule has 1 saturated heterocycles. The monoisotopic (exact) mass is 451 g/mol. The summed E-state index contributed by atoms with van der Waals surface area (Å²) in [7, 11) is 0. The molecule has 0 aliphatic carbocycles. The van der Waals surface area contributed by atoms with Crippen LogP contribution in [0.25, 0.3) is 10.9 Å². The number of carbonyl (C=O) groups is 2. The lowest BCUT2D eigenvalue weighted by Crippen LogP contribution is -2.45. The molecule has 1 spiro atoms. The van der Waals surface area contributed by atoms with Crippen molar-refractivity contribution in [2.75, 3.05) is 19.6 Å². The second-order valence-electron chi connectivity index (χ2n) is 8.61. The Morgan fingerprint density at radius 1 is 1.16 bits per heavy atom. The van der Waals surface area contributed by atoms with Crippen molar-refractivity contribution < 1.29 is 14.3 Å². The van der Waals surface area contributed by atoms with E-state index >= 15 is 0 Å². The summed E-state index contributed by atoms with van der Waals surface area (Å²) < 4.78 is 8.24. The van der Waals surface area contributed by atoms with Gasteiger partial charge in [0.1, 0.15) is 0 Å². The molecule has 2 aliphatic rings. The molecule has 0 bridgehead atoms. The Balaban J connectivity index is 1.37. The highest BCUT2D eigenvalue weighted by atomic mass is 35.5. The second kappa shape index (κ2) is 8.26. The Bertz CT molecular complexity index is 1190. The van der Waals surface area contributed by atoms with E-state index in [1.165, 1.54) is 18.1 Å². The summed E-state index contributed by atoms with van der Waals surface area (Å²) in [5, 5.41) is 4.31. The van der Waals surface area contributed by atoms with Crippen LogP contribution in [0, 0.1) is 0 Å². The SMILES string of the molecule is CC(=O)NCCn1cc(C(=O)N2CCC3(CC2)OCc2ccccc23)c2ccc(Cl)cc21. The zero-order chi connectivity index (χ0) is 22.3. The Labute approximate surface area is 192 Å². The van der Waals surface area contributed by atoms with Gasteiger partial charge in [-0.15, -0.1) is 0 Å². The molecule has 2 aliphatic heterocycles.